The molecule has 1 atom stereocenters. The van der Waals surface area contributed by atoms with Gasteiger partial charge in [-0.1, -0.05) is 24.3 Å². The van der Waals surface area contributed by atoms with Crippen LogP contribution in [0.15, 0.2) is 45.6 Å². The second kappa shape index (κ2) is 19.2. The maximum Gasteiger partial charge on any atom is 0.417 e. The predicted molar refractivity (Wildman–Crippen MR) is 223 cm³/mol. The van der Waals surface area contributed by atoms with E-state index in [1.807, 2.05) is 42.2 Å². The van der Waals surface area contributed by atoms with Crippen molar-refractivity contribution in [2.24, 2.45) is 5.92 Å². The van der Waals surface area contributed by atoms with E-state index < -0.39 is 18.0 Å². The van der Waals surface area contributed by atoms with E-state index in [0.717, 1.165) is 101 Å². The Morgan fingerprint density at radius 3 is 2.33 bits per heavy atom. The molecule has 2 aromatic carbocycles. The third-order valence-corrected chi connectivity index (χ3v) is 13.2. The summed E-state index contributed by atoms with van der Waals surface area (Å²) in [5.74, 6) is -0.981. The van der Waals surface area contributed by atoms with Crippen LogP contribution in [0.25, 0.3) is 11.1 Å². The van der Waals surface area contributed by atoms with E-state index >= 15 is 0 Å². The van der Waals surface area contributed by atoms with Crippen LogP contribution >= 0.6 is 0 Å². The quantitative estimate of drug-likeness (QED) is 0.212. The molecule has 8 rings (SSSR count). The smallest absolute Gasteiger partial charge is 0.417 e. The summed E-state index contributed by atoms with van der Waals surface area (Å²) in [7, 11) is 0. The average Bonchev–Trinajstić information content (AvgIpc) is 3.57. The summed E-state index contributed by atoms with van der Waals surface area (Å²) in [5.41, 5.74) is 4.42. The van der Waals surface area contributed by atoms with E-state index in [0.29, 0.717) is 74.9 Å². The highest BCUT2D eigenvalue weighted by atomic mass is 16.6. The first-order valence-electron chi connectivity index (χ1n) is 21.9. The van der Waals surface area contributed by atoms with Gasteiger partial charge in [0.15, 0.2) is 11.7 Å². The molecule has 0 saturated carbocycles. The van der Waals surface area contributed by atoms with E-state index in [9.17, 15) is 24.0 Å². The van der Waals surface area contributed by atoms with Gasteiger partial charge >= 0.3 is 23.8 Å². The number of nitrogens with one attached hydrogen (secondary N) is 2. The number of para-hydroxylation sites is 1. The molecule has 324 valence electrons. The number of hydrogen-bond acceptors (Lipinski definition) is 11. The van der Waals surface area contributed by atoms with Gasteiger partial charge in [0.25, 0.3) is 5.91 Å². The van der Waals surface area contributed by atoms with Crippen LogP contribution in [0.5, 0.6) is 0 Å². The first-order chi connectivity index (χ1) is 29.2. The molecule has 3 aromatic rings. The van der Waals surface area contributed by atoms with Crippen molar-refractivity contribution in [1.82, 2.24) is 29.5 Å². The van der Waals surface area contributed by atoms with Gasteiger partial charge in [0, 0.05) is 76.5 Å². The first kappa shape index (κ1) is 41.8. The molecule has 6 heterocycles. The molecule has 2 N–H and O–H groups in total. The van der Waals surface area contributed by atoms with Gasteiger partial charge in [-0.3, -0.25) is 19.5 Å². The fourth-order valence-electron chi connectivity index (χ4n) is 9.66. The lowest BCUT2D eigenvalue weighted by molar-refractivity contribution is -0.151. The van der Waals surface area contributed by atoms with Crippen molar-refractivity contribution in [3.05, 3.63) is 63.6 Å². The minimum Gasteiger partial charge on any atom is -0.465 e. The van der Waals surface area contributed by atoms with Crippen molar-refractivity contribution in [2.45, 2.75) is 82.9 Å². The molecule has 4 fully saturated rings. The van der Waals surface area contributed by atoms with Crippen LogP contribution in [0, 0.1) is 12.8 Å². The predicted octanol–water partition coefficient (Wildman–Crippen LogP) is 4.00. The molecule has 0 radical (unpaired) electrons. The number of nitrogens with zero attached hydrogens (tertiary/aromatic N) is 5. The number of benzene rings is 2. The number of oxazole rings is 1. The number of likely N-dealkylation sites (tertiary alicyclic amines) is 3. The molecular formula is C44H59N7O9. The van der Waals surface area contributed by atoms with E-state index in [4.69, 9.17) is 18.6 Å². The standard InChI is InChI=1S/C44H59N7O9/c1-30-27-31(28-37-39(30)46-43(55)59-37)29-38(60-44(56)50-19-12-35(13-20-50)51-21-9-32-5-2-3-6-36(32)45-42(51)54)40(52)49-17-10-34(11-18-49)48-15-7-33(8-16-48)41(53)58-24-4-14-47-22-25-57-26-23-47/h2-3,5-6,27-28,33-35,38H,4,7-26,29H2,1H3,(H,45,54)(H,46,55)/t38-/m1/s1. The zero-order valence-electron chi connectivity index (χ0n) is 34.7. The molecule has 60 heavy (non-hydrogen) atoms. The van der Waals surface area contributed by atoms with Crippen molar-refractivity contribution in [1.29, 1.82) is 0 Å². The first-order valence-corrected chi connectivity index (χ1v) is 21.9. The molecular weight excluding hydrogens is 771 g/mol. The number of carbonyl (C=O) groups is 4. The van der Waals surface area contributed by atoms with Gasteiger partial charge in [0.1, 0.15) is 0 Å². The number of aromatic nitrogens is 1. The number of piperidine rings is 3. The summed E-state index contributed by atoms with van der Waals surface area (Å²) in [6, 6.07) is 11.6. The van der Waals surface area contributed by atoms with Gasteiger partial charge in [-0.25, -0.2) is 14.4 Å². The van der Waals surface area contributed by atoms with Gasteiger partial charge in [-0.05, 0) is 100 Å². The molecule has 4 saturated heterocycles. The minimum absolute atomic E-state index is 0.0249. The highest BCUT2D eigenvalue weighted by Crippen LogP contribution is 2.28. The molecule has 0 aliphatic carbocycles. The highest BCUT2D eigenvalue weighted by Gasteiger charge is 2.37. The Balaban J connectivity index is 0.841. The van der Waals surface area contributed by atoms with Crippen LogP contribution in [0.2, 0.25) is 0 Å². The van der Waals surface area contributed by atoms with Crippen LogP contribution in [-0.4, -0.2) is 157 Å². The summed E-state index contributed by atoms with van der Waals surface area (Å²) in [5, 5.41) is 3.05. The molecule has 4 amide bonds. The summed E-state index contributed by atoms with van der Waals surface area (Å²) in [4.78, 5) is 79.0. The summed E-state index contributed by atoms with van der Waals surface area (Å²) < 4.78 is 22.5. The van der Waals surface area contributed by atoms with Crippen molar-refractivity contribution < 1.29 is 37.8 Å². The van der Waals surface area contributed by atoms with Crippen molar-refractivity contribution in [3.8, 4) is 0 Å². The third kappa shape index (κ3) is 9.98. The average molecular weight is 830 g/mol. The number of morpholine rings is 1. The third-order valence-electron chi connectivity index (χ3n) is 13.2. The summed E-state index contributed by atoms with van der Waals surface area (Å²) >= 11 is 0. The van der Waals surface area contributed by atoms with E-state index in [1.54, 1.807) is 15.9 Å². The van der Waals surface area contributed by atoms with Crippen LogP contribution in [0.4, 0.5) is 15.3 Å². The Morgan fingerprint density at radius 1 is 0.850 bits per heavy atom. The van der Waals surface area contributed by atoms with E-state index in [1.165, 1.54) is 0 Å². The number of H-pyrrole nitrogens is 1. The Hall–Kier alpha value is -4.93. The van der Waals surface area contributed by atoms with Crippen LogP contribution in [0.3, 0.4) is 0 Å². The lowest BCUT2D eigenvalue weighted by Gasteiger charge is -2.42. The molecule has 16 nitrogen and oxygen atoms in total. The van der Waals surface area contributed by atoms with Crippen molar-refractivity contribution in [3.63, 3.8) is 0 Å². The lowest BCUT2D eigenvalue weighted by Crippen LogP contribution is -2.53. The molecule has 1 aromatic heterocycles. The molecule has 0 bridgehead atoms. The van der Waals surface area contributed by atoms with Crippen molar-refractivity contribution >= 4 is 40.8 Å². The normalized spacial score (nSPS) is 21.0. The SMILES string of the molecule is Cc1cc(C[C@@H](OC(=O)N2CCC(N3CCc4ccccc4NC3=O)CC2)C(=O)N2CCC(N3CCC(C(=O)OCCCN4CCOCC4)CC3)CC2)cc2oc(=O)[nH]c12. The molecule has 5 aliphatic heterocycles. The topological polar surface area (TPSA) is 170 Å². The fourth-order valence-corrected chi connectivity index (χ4v) is 9.66. The number of anilines is 1. The number of carbonyl (C=O) groups excluding carboxylic acids is 4. The van der Waals surface area contributed by atoms with E-state index in [-0.39, 0.29) is 36.3 Å². The largest absolute Gasteiger partial charge is 0.465 e. The maximum absolute atomic E-state index is 14.3. The lowest BCUT2D eigenvalue weighted by atomic mass is 9.93. The maximum atomic E-state index is 14.3. The zero-order chi connectivity index (χ0) is 41.6. The Labute approximate surface area is 350 Å². The van der Waals surface area contributed by atoms with Crippen molar-refractivity contribution in [2.75, 3.05) is 90.6 Å². The van der Waals surface area contributed by atoms with Gasteiger partial charge < -0.3 is 43.5 Å². The number of aromatic amines is 1. The zero-order valence-corrected chi connectivity index (χ0v) is 34.7. The number of aryl methyl sites for hydroxylation is 1. The Kier molecular flexibility index (Phi) is 13.4. The van der Waals surface area contributed by atoms with Gasteiger partial charge in [0.2, 0.25) is 0 Å². The molecule has 0 unspecified atom stereocenters. The van der Waals surface area contributed by atoms with Gasteiger partial charge in [-0.15, -0.1) is 0 Å². The Bertz CT molecular complexity index is 2040. The number of amides is 4. The van der Waals surface area contributed by atoms with Crippen LogP contribution < -0.4 is 11.1 Å². The highest BCUT2D eigenvalue weighted by molar-refractivity contribution is 5.91. The van der Waals surface area contributed by atoms with Gasteiger partial charge in [-0.2, -0.15) is 0 Å². The fraction of sp³-hybridized carbons (Fsp3) is 0.614. The van der Waals surface area contributed by atoms with Crippen LogP contribution in [-0.2, 0) is 36.6 Å². The number of esters is 1. The molecule has 5 aliphatic rings. The summed E-state index contributed by atoms with van der Waals surface area (Å²) in [6.45, 7) is 10.7. The number of urea groups is 1. The second-order valence-corrected chi connectivity index (χ2v) is 17.0. The number of hydrogen-bond donors (Lipinski definition) is 2. The monoisotopic (exact) mass is 829 g/mol. The number of rotatable bonds is 11. The van der Waals surface area contributed by atoms with Crippen LogP contribution in [0.1, 0.15) is 61.6 Å². The molecule has 0 spiro atoms. The van der Waals surface area contributed by atoms with E-state index in [2.05, 4.69) is 20.1 Å². The minimum atomic E-state index is -1.08. The molecule has 16 heteroatoms. The van der Waals surface area contributed by atoms with Gasteiger partial charge in [0.05, 0.1) is 31.3 Å². The summed E-state index contributed by atoms with van der Waals surface area (Å²) in [6.07, 6.45) is 4.36. The number of ether oxygens (including phenoxy) is 3. The second-order valence-electron chi connectivity index (χ2n) is 17.0. The Morgan fingerprint density at radius 2 is 1.57 bits per heavy atom. The number of fused-ring (bicyclic) bond motifs is 2.